The van der Waals surface area contributed by atoms with Crippen LogP contribution in [0, 0.1) is 0 Å². The lowest BCUT2D eigenvalue weighted by Crippen LogP contribution is -2.15. The molecule has 106 valence electrons. The second-order valence-corrected chi connectivity index (χ2v) is 6.02. The van der Waals surface area contributed by atoms with Crippen molar-refractivity contribution < 1.29 is 9.47 Å². The van der Waals surface area contributed by atoms with Gasteiger partial charge in [-0.2, -0.15) is 0 Å². The van der Waals surface area contributed by atoms with Gasteiger partial charge in [0, 0.05) is 13.6 Å². The first-order valence-corrected chi connectivity index (χ1v) is 7.56. The molecule has 0 aliphatic carbocycles. The number of hydrogen-bond acceptors (Lipinski definition) is 5. The molecule has 0 unspecified atom stereocenters. The Balaban J connectivity index is 1.58. The molecule has 3 aromatic rings. The topological polar surface area (TPSA) is 34.6 Å². The Kier molecular flexibility index (Phi) is 2.93. The molecule has 0 atom stereocenters. The number of nitrogens with zero attached hydrogens (tertiary/aromatic N) is 2. The van der Waals surface area contributed by atoms with E-state index in [-0.39, 0.29) is 0 Å². The highest BCUT2D eigenvalue weighted by molar-refractivity contribution is 7.22. The van der Waals surface area contributed by atoms with Gasteiger partial charge in [-0.15, -0.1) is 0 Å². The van der Waals surface area contributed by atoms with E-state index in [9.17, 15) is 0 Å². The summed E-state index contributed by atoms with van der Waals surface area (Å²) in [5, 5.41) is 1.02. The summed E-state index contributed by atoms with van der Waals surface area (Å²) in [6, 6.07) is 14.3. The van der Waals surface area contributed by atoms with Crippen LogP contribution in [-0.4, -0.2) is 18.8 Å². The van der Waals surface area contributed by atoms with Crippen LogP contribution >= 0.6 is 11.3 Å². The Hall–Kier alpha value is -2.27. The number of thiazole rings is 1. The maximum atomic E-state index is 5.42. The molecule has 0 bridgehead atoms. The first-order valence-electron chi connectivity index (χ1n) is 6.75. The summed E-state index contributed by atoms with van der Waals surface area (Å²) in [7, 11) is 2.06. The van der Waals surface area contributed by atoms with Gasteiger partial charge in [-0.3, -0.25) is 0 Å². The molecule has 5 heteroatoms. The largest absolute Gasteiger partial charge is 0.454 e. The maximum absolute atomic E-state index is 5.42. The predicted octanol–water partition coefficient (Wildman–Crippen LogP) is 3.66. The van der Waals surface area contributed by atoms with Crippen molar-refractivity contribution in [2.75, 3.05) is 18.7 Å². The van der Waals surface area contributed by atoms with Crippen LogP contribution in [0.5, 0.6) is 11.5 Å². The van der Waals surface area contributed by atoms with Gasteiger partial charge in [-0.25, -0.2) is 4.98 Å². The Morgan fingerprint density at radius 1 is 1.14 bits per heavy atom. The van der Waals surface area contributed by atoms with E-state index in [4.69, 9.17) is 9.47 Å². The summed E-state index contributed by atoms with van der Waals surface area (Å²) in [4.78, 5) is 6.82. The zero-order valence-corrected chi connectivity index (χ0v) is 12.4. The van der Waals surface area contributed by atoms with Crippen LogP contribution in [0.15, 0.2) is 42.5 Å². The molecule has 2 aromatic carbocycles. The lowest BCUT2D eigenvalue weighted by atomic mass is 10.2. The number of aromatic nitrogens is 1. The Morgan fingerprint density at radius 2 is 2.00 bits per heavy atom. The molecular weight excluding hydrogens is 284 g/mol. The predicted molar refractivity (Wildman–Crippen MR) is 84.3 cm³/mol. The fraction of sp³-hybridized carbons (Fsp3) is 0.188. The molecule has 2 heterocycles. The third-order valence-corrected chi connectivity index (χ3v) is 4.62. The van der Waals surface area contributed by atoms with Crippen LogP contribution < -0.4 is 14.4 Å². The van der Waals surface area contributed by atoms with Crippen molar-refractivity contribution in [2.24, 2.45) is 0 Å². The van der Waals surface area contributed by atoms with Gasteiger partial charge >= 0.3 is 0 Å². The second kappa shape index (κ2) is 4.93. The second-order valence-electron chi connectivity index (χ2n) is 5.01. The van der Waals surface area contributed by atoms with Gasteiger partial charge in [0.15, 0.2) is 16.6 Å². The van der Waals surface area contributed by atoms with Crippen LogP contribution in [0.1, 0.15) is 5.56 Å². The molecule has 0 saturated heterocycles. The first kappa shape index (κ1) is 12.5. The van der Waals surface area contributed by atoms with E-state index in [0.717, 1.165) is 28.7 Å². The highest BCUT2D eigenvalue weighted by Gasteiger charge is 2.15. The Bertz CT molecular complexity index is 767. The van der Waals surface area contributed by atoms with Gasteiger partial charge in [-0.05, 0) is 29.8 Å². The highest BCUT2D eigenvalue weighted by atomic mass is 32.1. The van der Waals surface area contributed by atoms with E-state index in [1.165, 1.54) is 10.3 Å². The van der Waals surface area contributed by atoms with E-state index in [1.54, 1.807) is 11.3 Å². The molecule has 1 aliphatic heterocycles. The SMILES string of the molecule is CN(Cc1ccc2c(c1)OCO2)c1nc2ccccc2s1. The smallest absolute Gasteiger partial charge is 0.231 e. The molecule has 0 spiro atoms. The third kappa shape index (κ3) is 2.29. The van der Waals surface area contributed by atoms with E-state index >= 15 is 0 Å². The molecule has 0 amide bonds. The lowest BCUT2D eigenvalue weighted by Gasteiger charge is -2.15. The van der Waals surface area contributed by atoms with E-state index in [1.807, 2.05) is 30.3 Å². The Morgan fingerprint density at radius 3 is 2.90 bits per heavy atom. The average Bonchev–Trinajstić information content (AvgIpc) is 3.13. The minimum atomic E-state index is 0.312. The summed E-state index contributed by atoms with van der Waals surface area (Å²) in [5.41, 5.74) is 2.23. The number of benzene rings is 2. The summed E-state index contributed by atoms with van der Waals surface area (Å²) >= 11 is 1.71. The number of para-hydroxylation sites is 1. The van der Waals surface area contributed by atoms with Crippen molar-refractivity contribution in [3.8, 4) is 11.5 Å². The van der Waals surface area contributed by atoms with Crippen molar-refractivity contribution in [1.82, 2.24) is 4.98 Å². The van der Waals surface area contributed by atoms with Crippen molar-refractivity contribution in [3.63, 3.8) is 0 Å². The van der Waals surface area contributed by atoms with Crippen LogP contribution in [-0.2, 0) is 6.54 Å². The van der Waals surface area contributed by atoms with Crippen molar-refractivity contribution in [2.45, 2.75) is 6.54 Å². The van der Waals surface area contributed by atoms with Crippen LogP contribution in [0.4, 0.5) is 5.13 Å². The highest BCUT2D eigenvalue weighted by Crippen LogP contribution is 2.34. The number of anilines is 1. The monoisotopic (exact) mass is 298 g/mol. The minimum absolute atomic E-state index is 0.312. The van der Waals surface area contributed by atoms with E-state index < -0.39 is 0 Å². The molecule has 0 saturated carbocycles. The fourth-order valence-electron chi connectivity index (χ4n) is 2.40. The zero-order chi connectivity index (χ0) is 14.2. The molecule has 0 N–H and O–H groups in total. The van der Waals surface area contributed by atoms with Gasteiger partial charge in [0.2, 0.25) is 6.79 Å². The van der Waals surface area contributed by atoms with Crippen molar-refractivity contribution in [1.29, 1.82) is 0 Å². The molecule has 0 radical (unpaired) electrons. The van der Waals surface area contributed by atoms with Gasteiger partial charge in [0.25, 0.3) is 0 Å². The molecule has 1 aliphatic rings. The van der Waals surface area contributed by atoms with Crippen LogP contribution in [0.25, 0.3) is 10.2 Å². The normalized spacial score (nSPS) is 12.8. The van der Waals surface area contributed by atoms with Crippen LogP contribution in [0.2, 0.25) is 0 Å². The van der Waals surface area contributed by atoms with Gasteiger partial charge in [0.05, 0.1) is 10.2 Å². The molecule has 4 rings (SSSR count). The Labute approximate surface area is 126 Å². The van der Waals surface area contributed by atoms with Crippen LogP contribution in [0.3, 0.4) is 0 Å². The summed E-state index contributed by atoms with van der Waals surface area (Å²) < 4.78 is 12.0. The fourth-order valence-corrected chi connectivity index (χ4v) is 3.33. The van der Waals surface area contributed by atoms with E-state index in [2.05, 4.69) is 29.1 Å². The minimum Gasteiger partial charge on any atom is -0.454 e. The number of ether oxygens (including phenoxy) is 2. The first-order chi connectivity index (χ1) is 10.3. The number of fused-ring (bicyclic) bond motifs is 2. The van der Waals surface area contributed by atoms with Crippen molar-refractivity contribution in [3.05, 3.63) is 48.0 Å². The van der Waals surface area contributed by atoms with E-state index in [0.29, 0.717) is 6.79 Å². The summed E-state index contributed by atoms with van der Waals surface area (Å²) in [6.45, 7) is 1.10. The standard InChI is InChI=1S/C16H14N2O2S/c1-18(16-17-12-4-2-3-5-15(12)21-16)9-11-6-7-13-14(8-11)20-10-19-13/h2-8H,9-10H2,1H3. The number of rotatable bonds is 3. The molecular formula is C16H14N2O2S. The van der Waals surface area contributed by atoms with Gasteiger partial charge in [0.1, 0.15) is 0 Å². The maximum Gasteiger partial charge on any atom is 0.231 e. The lowest BCUT2D eigenvalue weighted by molar-refractivity contribution is 0.174. The average molecular weight is 298 g/mol. The summed E-state index contributed by atoms with van der Waals surface area (Å²) in [6.07, 6.45) is 0. The van der Waals surface area contributed by atoms with Gasteiger partial charge in [-0.1, -0.05) is 29.5 Å². The van der Waals surface area contributed by atoms with Crippen molar-refractivity contribution >= 4 is 26.7 Å². The quantitative estimate of drug-likeness (QED) is 0.739. The molecule has 21 heavy (non-hydrogen) atoms. The molecule has 1 aromatic heterocycles. The summed E-state index contributed by atoms with van der Waals surface area (Å²) in [5.74, 6) is 1.64. The molecule has 0 fully saturated rings. The third-order valence-electron chi connectivity index (χ3n) is 3.47. The molecule has 4 nitrogen and oxygen atoms in total. The zero-order valence-electron chi connectivity index (χ0n) is 11.6. The number of hydrogen-bond donors (Lipinski definition) is 0. The van der Waals surface area contributed by atoms with Gasteiger partial charge < -0.3 is 14.4 Å².